The van der Waals surface area contributed by atoms with Crippen LogP contribution in [0.5, 0.6) is 0 Å². The molecule has 0 spiro atoms. The topological polar surface area (TPSA) is 29.3 Å². The van der Waals surface area contributed by atoms with E-state index in [9.17, 15) is 8.78 Å². The van der Waals surface area contributed by atoms with Gasteiger partial charge in [0.25, 0.3) is 0 Å². The summed E-state index contributed by atoms with van der Waals surface area (Å²) in [5, 5.41) is 0. The van der Waals surface area contributed by atoms with Gasteiger partial charge in [0.15, 0.2) is 11.6 Å². The van der Waals surface area contributed by atoms with Crippen molar-refractivity contribution in [3.05, 3.63) is 35.4 Å². The molecule has 2 nitrogen and oxygen atoms in total. The van der Waals surface area contributed by atoms with Crippen LogP contribution in [-0.2, 0) is 6.42 Å². The Morgan fingerprint density at radius 1 is 1.28 bits per heavy atom. The second-order valence-electron chi connectivity index (χ2n) is 4.94. The lowest BCUT2D eigenvalue weighted by Crippen LogP contribution is -2.27. The number of hydrogen-bond acceptors (Lipinski definition) is 2. The van der Waals surface area contributed by atoms with Gasteiger partial charge in [-0.3, -0.25) is 0 Å². The highest BCUT2D eigenvalue weighted by Gasteiger charge is 2.07. The molecule has 2 N–H and O–H groups in total. The molecule has 0 bridgehead atoms. The summed E-state index contributed by atoms with van der Waals surface area (Å²) in [6, 6.07) is 4.09. The Kier molecular flexibility index (Phi) is 6.22. The first-order valence-electron chi connectivity index (χ1n) is 6.35. The average molecular weight is 256 g/mol. The Morgan fingerprint density at radius 3 is 2.61 bits per heavy atom. The molecule has 0 fully saturated rings. The van der Waals surface area contributed by atoms with Gasteiger partial charge in [0.05, 0.1) is 0 Å². The zero-order chi connectivity index (χ0) is 13.5. The molecular formula is C14H22F2N2. The van der Waals surface area contributed by atoms with Crippen molar-refractivity contribution in [3.63, 3.8) is 0 Å². The second-order valence-corrected chi connectivity index (χ2v) is 4.94. The van der Waals surface area contributed by atoms with Crippen LogP contribution in [0.2, 0.25) is 0 Å². The number of nitrogens with zero attached hydrogens (tertiary/aromatic N) is 1. The summed E-state index contributed by atoms with van der Waals surface area (Å²) < 4.78 is 25.8. The van der Waals surface area contributed by atoms with E-state index in [0.717, 1.165) is 31.5 Å². The molecule has 1 aromatic rings. The van der Waals surface area contributed by atoms with Gasteiger partial charge in [-0.1, -0.05) is 13.0 Å². The fourth-order valence-corrected chi connectivity index (χ4v) is 2.01. The Hall–Kier alpha value is -1.00. The lowest BCUT2D eigenvalue weighted by molar-refractivity contribution is 0.283. The van der Waals surface area contributed by atoms with E-state index in [0.29, 0.717) is 12.5 Å². The van der Waals surface area contributed by atoms with Crippen LogP contribution in [0.3, 0.4) is 0 Å². The SMILES string of the molecule is CC(CCN)CN(C)CCc1ccc(F)c(F)c1. The van der Waals surface area contributed by atoms with Crippen molar-refractivity contribution in [2.45, 2.75) is 19.8 Å². The van der Waals surface area contributed by atoms with Crippen molar-refractivity contribution in [2.24, 2.45) is 11.7 Å². The quantitative estimate of drug-likeness (QED) is 0.812. The van der Waals surface area contributed by atoms with Gasteiger partial charge in [0, 0.05) is 13.1 Å². The number of nitrogens with two attached hydrogens (primary N) is 1. The van der Waals surface area contributed by atoms with Crippen molar-refractivity contribution in [3.8, 4) is 0 Å². The van der Waals surface area contributed by atoms with Crippen molar-refractivity contribution in [1.29, 1.82) is 0 Å². The monoisotopic (exact) mass is 256 g/mol. The van der Waals surface area contributed by atoms with E-state index in [1.165, 1.54) is 12.1 Å². The number of likely N-dealkylation sites (N-methyl/N-ethyl adjacent to an activating group) is 1. The highest BCUT2D eigenvalue weighted by molar-refractivity contribution is 5.18. The van der Waals surface area contributed by atoms with Gasteiger partial charge in [-0.25, -0.2) is 8.78 Å². The van der Waals surface area contributed by atoms with Gasteiger partial charge in [-0.05, 0) is 50.0 Å². The Bertz CT molecular complexity index is 369. The minimum atomic E-state index is -0.788. The van der Waals surface area contributed by atoms with Crippen LogP contribution in [0.4, 0.5) is 8.78 Å². The van der Waals surface area contributed by atoms with Crippen molar-refractivity contribution < 1.29 is 8.78 Å². The van der Waals surface area contributed by atoms with Crippen LogP contribution < -0.4 is 5.73 Å². The summed E-state index contributed by atoms with van der Waals surface area (Å²) in [6.45, 7) is 4.68. The molecule has 1 atom stereocenters. The zero-order valence-electron chi connectivity index (χ0n) is 11.1. The smallest absolute Gasteiger partial charge is 0.159 e. The van der Waals surface area contributed by atoms with E-state index in [-0.39, 0.29) is 0 Å². The molecule has 4 heteroatoms. The highest BCUT2D eigenvalue weighted by Crippen LogP contribution is 2.10. The van der Waals surface area contributed by atoms with Crippen LogP contribution >= 0.6 is 0 Å². The Balaban J connectivity index is 2.37. The average Bonchev–Trinajstić information content (AvgIpc) is 2.31. The molecule has 0 aromatic heterocycles. The number of hydrogen-bond donors (Lipinski definition) is 1. The zero-order valence-corrected chi connectivity index (χ0v) is 11.1. The maximum Gasteiger partial charge on any atom is 0.159 e. The van der Waals surface area contributed by atoms with E-state index in [2.05, 4.69) is 11.8 Å². The minimum absolute atomic E-state index is 0.560. The van der Waals surface area contributed by atoms with E-state index in [1.807, 2.05) is 7.05 Å². The van der Waals surface area contributed by atoms with Crippen molar-refractivity contribution in [2.75, 3.05) is 26.7 Å². The summed E-state index contributed by atoms with van der Waals surface area (Å²) >= 11 is 0. The van der Waals surface area contributed by atoms with Crippen LogP contribution in [0.25, 0.3) is 0 Å². The molecule has 0 aliphatic rings. The molecule has 0 aliphatic carbocycles. The fourth-order valence-electron chi connectivity index (χ4n) is 2.01. The van der Waals surface area contributed by atoms with Crippen LogP contribution in [0, 0.1) is 17.6 Å². The van der Waals surface area contributed by atoms with Crippen LogP contribution in [-0.4, -0.2) is 31.6 Å². The molecule has 1 unspecified atom stereocenters. The van der Waals surface area contributed by atoms with Crippen molar-refractivity contribution >= 4 is 0 Å². The third-order valence-electron chi connectivity index (χ3n) is 3.05. The molecule has 1 rings (SSSR count). The van der Waals surface area contributed by atoms with Gasteiger partial charge in [0.1, 0.15) is 0 Å². The summed E-state index contributed by atoms with van der Waals surface area (Å²) in [7, 11) is 2.03. The van der Waals surface area contributed by atoms with E-state index < -0.39 is 11.6 Å². The molecule has 0 aliphatic heterocycles. The molecule has 1 aromatic carbocycles. The molecule has 0 saturated heterocycles. The predicted octanol–water partition coefficient (Wildman–Crippen LogP) is 2.42. The first-order chi connectivity index (χ1) is 8.52. The highest BCUT2D eigenvalue weighted by atomic mass is 19.2. The Labute approximate surface area is 108 Å². The molecule has 0 radical (unpaired) electrons. The fraction of sp³-hybridized carbons (Fsp3) is 0.571. The summed E-state index contributed by atoms with van der Waals surface area (Å²) in [4.78, 5) is 2.20. The van der Waals surface area contributed by atoms with Gasteiger partial charge in [-0.15, -0.1) is 0 Å². The normalized spacial score (nSPS) is 13.0. The summed E-state index contributed by atoms with van der Waals surface area (Å²) in [6.07, 6.45) is 1.73. The maximum atomic E-state index is 13.0. The summed E-state index contributed by atoms with van der Waals surface area (Å²) in [5.74, 6) is -1.000. The third kappa shape index (κ3) is 5.10. The van der Waals surface area contributed by atoms with Gasteiger partial charge in [0.2, 0.25) is 0 Å². The maximum absolute atomic E-state index is 13.0. The van der Waals surface area contributed by atoms with Crippen LogP contribution in [0.15, 0.2) is 18.2 Å². The van der Waals surface area contributed by atoms with Gasteiger partial charge in [-0.2, -0.15) is 0 Å². The predicted molar refractivity (Wildman–Crippen MR) is 70.4 cm³/mol. The largest absolute Gasteiger partial charge is 0.330 e. The van der Waals surface area contributed by atoms with E-state index in [1.54, 1.807) is 6.07 Å². The van der Waals surface area contributed by atoms with Gasteiger partial charge >= 0.3 is 0 Å². The Morgan fingerprint density at radius 2 is 2.00 bits per heavy atom. The molecule has 0 amide bonds. The first kappa shape index (κ1) is 15.1. The summed E-state index contributed by atoms with van der Waals surface area (Å²) in [5.41, 5.74) is 6.33. The number of halogens is 2. The van der Waals surface area contributed by atoms with Crippen LogP contribution in [0.1, 0.15) is 18.9 Å². The minimum Gasteiger partial charge on any atom is -0.330 e. The lowest BCUT2D eigenvalue weighted by Gasteiger charge is -2.20. The number of benzene rings is 1. The van der Waals surface area contributed by atoms with Gasteiger partial charge < -0.3 is 10.6 Å². The molecule has 102 valence electrons. The number of rotatable bonds is 7. The molecule has 18 heavy (non-hydrogen) atoms. The van der Waals surface area contributed by atoms with E-state index in [4.69, 9.17) is 5.73 Å². The second kappa shape index (κ2) is 7.44. The third-order valence-corrected chi connectivity index (χ3v) is 3.05. The van der Waals surface area contributed by atoms with E-state index >= 15 is 0 Å². The molecule has 0 saturated carbocycles. The standard InChI is InChI=1S/C14H22F2N2/c1-11(5-7-17)10-18(2)8-6-12-3-4-13(15)14(16)9-12/h3-4,9,11H,5-8,10,17H2,1-2H3. The molecular weight excluding hydrogens is 234 g/mol. The van der Waals surface area contributed by atoms with Crippen molar-refractivity contribution in [1.82, 2.24) is 4.90 Å². The first-order valence-corrected chi connectivity index (χ1v) is 6.35. The molecule has 0 heterocycles. The lowest BCUT2D eigenvalue weighted by atomic mass is 10.1.